The van der Waals surface area contributed by atoms with E-state index in [2.05, 4.69) is 21.0 Å². The van der Waals surface area contributed by atoms with Gasteiger partial charge in [0.25, 0.3) is 0 Å². The number of nitrogens with zero attached hydrogens (tertiary/aromatic N) is 2. The van der Waals surface area contributed by atoms with E-state index in [4.69, 9.17) is 9.47 Å². The summed E-state index contributed by atoms with van der Waals surface area (Å²) in [5.41, 5.74) is 2.26. The van der Waals surface area contributed by atoms with Gasteiger partial charge in [0.15, 0.2) is 5.78 Å². The van der Waals surface area contributed by atoms with Crippen molar-refractivity contribution in [3.63, 3.8) is 0 Å². The Hall–Kier alpha value is -1.82. The highest BCUT2D eigenvalue weighted by Gasteiger charge is 2.32. The number of carbonyl (C=O) groups is 1. The van der Waals surface area contributed by atoms with Crippen LogP contribution in [0.4, 0.5) is 0 Å². The number of halogens is 1. The summed E-state index contributed by atoms with van der Waals surface area (Å²) in [7, 11) is 3.40. The predicted octanol–water partition coefficient (Wildman–Crippen LogP) is 3.21. The molecule has 0 spiro atoms. The topological polar surface area (TPSA) is 53.4 Å². The number of aromatic nitrogens is 2. The second-order valence-corrected chi connectivity index (χ2v) is 5.92. The van der Waals surface area contributed by atoms with E-state index >= 15 is 0 Å². The Bertz CT molecular complexity index is 724. The Labute approximate surface area is 131 Å². The number of ketones is 1. The fourth-order valence-electron chi connectivity index (χ4n) is 2.72. The maximum atomic E-state index is 12.4. The molecular formula is C15H15BrN2O3. The average molecular weight is 351 g/mol. The lowest BCUT2D eigenvalue weighted by Crippen LogP contribution is -2.21. The van der Waals surface area contributed by atoms with Gasteiger partial charge in [-0.25, -0.2) is 4.68 Å². The molecule has 1 unspecified atom stereocenters. The van der Waals surface area contributed by atoms with Crippen molar-refractivity contribution >= 4 is 21.7 Å². The highest BCUT2D eigenvalue weighted by Crippen LogP contribution is 2.40. The first-order chi connectivity index (χ1) is 10.0. The molecule has 110 valence electrons. The van der Waals surface area contributed by atoms with Crippen molar-refractivity contribution in [2.24, 2.45) is 7.05 Å². The van der Waals surface area contributed by atoms with Gasteiger partial charge >= 0.3 is 0 Å². The number of aryl methyl sites for hydroxylation is 2. The monoisotopic (exact) mass is 350 g/mol. The van der Waals surface area contributed by atoms with Crippen LogP contribution in [-0.2, 0) is 7.05 Å². The van der Waals surface area contributed by atoms with E-state index in [9.17, 15) is 4.79 Å². The zero-order valence-corrected chi connectivity index (χ0v) is 13.6. The molecule has 1 aromatic heterocycles. The lowest BCUT2D eigenvalue weighted by Gasteiger charge is -2.25. The molecule has 0 N–H and O–H groups in total. The quantitative estimate of drug-likeness (QED) is 0.834. The van der Waals surface area contributed by atoms with Gasteiger partial charge in [0.05, 0.1) is 30.4 Å². The van der Waals surface area contributed by atoms with Gasteiger partial charge in [-0.2, -0.15) is 5.10 Å². The van der Waals surface area contributed by atoms with Crippen LogP contribution in [0.15, 0.2) is 22.7 Å². The Morgan fingerprint density at radius 3 is 2.95 bits per heavy atom. The molecule has 0 radical (unpaired) electrons. The fraction of sp³-hybridized carbons (Fsp3) is 0.333. The van der Waals surface area contributed by atoms with Crippen LogP contribution in [-0.4, -0.2) is 22.7 Å². The van der Waals surface area contributed by atoms with Gasteiger partial charge in [-0.05, 0) is 25.1 Å². The second kappa shape index (κ2) is 5.18. The average Bonchev–Trinajstić information content (AvgIpc) is 2.73. The normalized spacial score (nSPS) is 17.3. The molecule has 5 nitrogen and oxygen atoms in total. The Balaban J connectivity index is 2.04. The van der Waals surface area contributed by atoms with E-state index < -0.39 is 0 Å². The Kier molecular flexibility index (Phi) is 3.49. The van der Waals surface area contributed by atoms with Crippen LogP contribution in [0.5, 0.6) is 11.6 Å². The van der Waals surface area contributed by atoms with Crippen molar-refractivity contribution in [2.45, 2.75) is 19.4 Å². The van der Waals surface area contributed by atoms with Crippen molar-refractivity contribution in [1.82, 2.24) is 9.78 Å². The number of Topliss-reactive ketones (excluding diaryl/α,β-unsaturated/α-hetero) is 1. The van der Waals surface area contributed by atoms with Gasteiger partial charge < -0.3 is 9.47 Å². The molecule has 1 atom stereocenters. The molecule has 0 amide bonds. The molecule has 21 heavy (non-hydrogen) atoms. The lowest BCUT2D eigenvalue weighted by atomic mass is 9.96. The summed E-state index contributed by atoms with van der Waals surface area (Å²) in [6.45, 7) is 1.89. The molecule has 0 saturated heterocycles. The minimum Gasteiger partial charge on any atom is -0.484 e. The van der Waals surface area contributed by atoms with E-state index in [0.717, 1.165) is 15.7 Å². The van der Waals surface area contributed by atoms with Crippen LogP contribution in [0.2, 0.25) is 0 Å². The van der Waals surface area contributed by atoms with Crippen LogP contribution in [0.1, 0.15) is 34.1 Å². The third-order valence-corrected chi connectivity index (χ3v) is 4.10. The van der Waals surface area contributed by atoms with Crippen LogP contribution in [0.3, 0.4) is 0 Å². The van der Waals surface area contributed by atoms with Gasteiger partial charge in [-0.15, -0.1) is 0 Å². The molecule has 1 aliphatic heterocycles. The molecule has 0 aliphatic carbocycles. The maximum absolute atomic E-state index is 12.4. The second-order valence-electron chi connectivity index (χ2n) is 5.01. The van der Waals surface area contributed by atoms with Gasteiger partial charge in [0, 0.05) is 11.5 Å². The van der Waals surface area contributed by atoms with E-state index in [-0.39, 0.29) is 18.3 Å². The van der Waals surface area contributed by atoms with Crippen LogP contribution < -0.4 is 9.47 Å². The molecule has 0 saturated carbocycles. The smallest absolute Gasteiger partial charge is 0.218 e. The molecule has 2 heterocycles. The SMILES string of the molecule is COc1c(C2CC(=O)c3cc(Br)ccc3O2)c(C)nn1C. The van der Waals surface area contributed by atoms with Crippen molar-refractivity contribution in [3.05, 3.63) is 39.5 Å². The Morgan fingerprint density at radius 2 is 2.24 bits per heavy atom. The number of fused-ring (bicyclic) bond motifs is 1. The number of ether oxygens (including phenoxy) is 2. The summed E-state index contributed by atoms with van der Waals surface area (Å²) in [6.07, 6.45) is -0.0818. The zero-order chi connectivity index (χ0) is 15.1. The molecule has 3 rings (SSSR count). The zero-order valence-electron chi connectivity index (χ0n) is 12.0. The number of methoxy groups -OCH3 is 1. The van der Waals surface area contributed by atoms with Crippen molar-refractivity contribution in [2.75, 3.05) is 7.11 Å². The number of carbonyl (C=O) groups excluding carboxylic acids is 1. The van der Waals surface area contributed by atoms with E-state index in [1.165, 1.54) is 0 Å². The van der Waals surface area contributed by atoms with E-state index in [1.807, 2.05) is 26.1 Å². The summed E-state index contributed by atoms with van der Waals surface area (Å²) in [5, 5.41) is 4.35. The third-order valence-electron chi connectivity index (χ3n) is 3.61. The molecular weight excluding hydrogens is 336 g/mol. The van der Waals surface area contributed by atoms with Crippen LogP contribution in [0.25, 0.3) is 0 Å². The first-order valence-corrected chi connectivity index (χ1v) is 7.37. The first-order valence-electron chi connectivity index (χ1n) is 6.58. The first kappa shape index (κ1) is 14.1. The summed E-state index contributed by atoms with van der Waals surface area (Å²) < 4.78 is 13.9. The molecule has 2 aromatic rings. The molecule has 1 aliphatic rings. The molecule has 0 fully saturated rings. The van der Waals surface area contributed by atoms with Gasteiger partial charge in [0.1, 0.15) is 11.9 Å². The number of benzene rings is 1. The van der Waals surface area contributed by atoms with Gasteiger partial charge in [0.2, 0.25) is 5.88 Å². The van der Waals surface area contributed by atoms with Crippen molar-refractivity contribution < 1.29 is 14.3 Å². The lowest BCUT2D eigenvalue weighted by molar-refractivity contribution is 0.0846. The molecule has 6 heteroatoms. The number of rotatable bonds is 2. The summed E-state index contributed by atoms with van der Waals surface area (Å²) in [6, 6.07) is 5.46. The van der Waals surface area contributed by atoms with E-state index in [1.54, 1.807) is 17.9 Å². The van der Waals surface area contributed by atoms with Crippen molar-refractivity contribution in [3.8, 4) is 11.6 Å². The Morgan fingerprint density at radius 1 is 1.48 bits per heavy atom. The van der Waals surface area contributed by atoms with E-state index in [0.29, 0.717) is 17.2 Å². The molecule has 1 aromatic carbocycles. The van der Waals surface area contributed by atoms with Gasteiger partial charge in [-0.1, -0.05) is 15.9 Å². The fourth-order valence-corrected chi connectivity index (χ4v) is 3.08. The largest absolute Gasteiger partial charge is 0.484 e. The number of hydrogen-bond acceptors (Lipinski definition) is 4. The predicted molar refractivity (Wildman–Crippen MR) is 81.0 cm³/mol. The van der Waals surface area contributed by atoms with Crippen LogP contribution in [0, 0.1) is 6.92 Å². The van der Waals surface area contributed by atoms with Gasteiger partial charge in [-0.3, -0.25) is 4.79 Å². The standard InChI is InChI=1S/C15H15BrN2O3/c1-8-14(15(20-3)18(2)17-8)13-7-11(19)10-6-9(16)4-5-12(10)21-13/h4-6,13H,7H2,1-3H3. The maximum Gasteiger partial charge on any atom is 0.218 e. The third kappa shape index (κ3) is 2.33. The highest BCUT2D eigenvalue weighted by atomic mass is 79.9. The van der Waals surface area contributed by atoms with Crippen molar-refractivity contribution in [1.29, 1.82) is 0 Å². The summed E-state index contributed by atoms with van der Waals surface area (Å²) >= 11 is 3.37. The number of hydrogen-bond donors (Lipinski definition) is 0. The summed E-state index contributed by atoms with van der Waals surface area (Å²) in [5.74, 6) is 1.29. The minimum atomic E-state index is -0.366. The summed E-state index contributed by atoms with van der Waals surface area (Å²) in [4.78, 5) is 12.4. The minimum absolute atomic E-state index is 0.0628. The van der Waals surface area contributed by atoms with Crippen LogP contribution >= 0.6 is 15.9 Å². The molecule has 0 bridgehead atoms. The highest BCUT2D eigenvalue weighted by molar-refractivity contribution is 9.10.